The molecule has 3 heterocycles. The molecule has 1 saturated carbocycles. The summed E-state index contributed by atoms with van der Waals surface area (Å²) in [7, 11) is 1.23. The lowest BCUT2D eigenvalue weighted by Crippen LogP contribution is -2.46. The number of carbonyl (C=O) groups excluding carboxylic acids is 2. The van der Waals surface area contributed by atoms with Crippen LogP contribution in [-0.2, 0) is 4.79 Å². The highest BCUT2D eigenvalue weighted by molar-refractivity contribution is 6.03. The van der Waals surface area contributed by atoms with Crippen LogP contribution in [0, 0.1) is 17.8 Å². The molecular weight excluding hydrogens is 408 g/mol. The first-order chi connectivity index (χ1) is 14.7. The fourth-order valence-electron chi connectivity index (χ4n) is 4.16. The quantitative estimate of drug-likeness (QED) is 0.590. The second-order valence-electron chi connectivity index (χ2n) is 7.58. The molecule has 2 amide bonds. The number of carbonyl (C=O) groups is 2. The molecular formula is C21H15F2N5O3. The highest BCUT2D eigenvalue weighted by Gasteiger charge is 2.84. The Labute approximate surface area is 174 Å². The number of pyridine rings is 1. The van der Waals surface area contributed by atoms with Crippen LogP contribution in [0.3, 0.4) is 0 Å². The van der Waals surface area contributed by atoms with Crippen molar-refractivity contribution < 1.29 is 23.5 Å². The third kappa shape index (κ3) is 2.56. The van der Waals surface area contributed by atoms with Gasteiger partial charge in [0.25, 0.3) is 17.7 Å². The second-order valence-corrected chi connectivity index (χ2v) is 7.58. The van der Waals surface area contributed by atoms with Crippen molar-refractivity contribution in [3.8, 4) is 17.5 Å². The highest BCUT2D eigenvalue weighted by Crippen LogP contribution is 2.61. The molecule has 1 saturated heterocycles. The normalized spacial score (nSPS) is 25.8. The average molecular weight is 423 g/mol. The van der Waals surface area contributed by atoms with E-state index in [2.05, 4.69) is 21.9 Å². The SMILES string of the molecule is CN1C(=O)C(O)(C#Cc2cccc(-n3nc(C(N)=O)c4cccnc43)c2)C2C1C2(F)F. The Morgan fingerprint density at radius 2 is 2.06 bits per heavy atom. The topological polar surface area (TPSA) is 114 Å². The summed E-state index contributed by atoms with van der Waals surface area (Å²) < 4.78 is 29.2. The number of primary amides is 1. The van der Waals surface area contributed by atoms with Crippen molar-refractivity contribution >= 4 is 22.8 Å². The lowest BCUT2D eigenvalue weighted by Gasteiger charge is -2.21. The maximum Gasteiger partial charge on any atom is 0.277 e. The maximum atomic E-state index is 13.9. The van der Waals surface area contributed by atoms with E-state index in [4.69, 9.17) is 5.73 Å². The summed E-state index contributed by atoms with van der Waals surface area (Å²) in [6, 6.07) is 8.48. The Balaban J connectivity index is 1.55. The molecule has 1 aromatic carbocycles. The molecule has 1 aliphatic heterocycles. The van der Waals surface area contributed by atoms with E-state index in [0.29, 0.717) is 22.3 Å². The number of nitrogens with zero attached hydrogens (tertiary/aromatic N) is 4. The number of hydrogen-bond acceptors (Lipinski definition) is 5. The summed E-state index contributed by atoms with van der Waals surface area (Å²) in [6.07, 6.45) is 1.54. The summed E-state index contributed by atoms with van der Waals surface area (Å²) in [5, 5.41) is 15.3. The lowest BCUT2D eigenvalue weighted by molar-refractivity contribution is -0.146. The highest BCUT2D eigenvalue weighted by atomic mass is 19.3. The van der Waals surface area contributed by atoms with Crippen LogP contribution >= 0.6 is 0 Å². The molecule has 10 heteroatoms. The van der Waals surface area contributed by atoms with Crippen molar-refractivity contribution in [2.24, 2.45) is 11.7 Å². The van der Waals surface area contributed by atoms with Crippen LogP contribution in [0.15, 0.2) is 42.6 Å². The first kappa shape index (κ1) is 19.1. The van der Waals surface area contributed by atoms with Crippen molar-refractivity contribution in [3.05, 3.63) is 53.9 Å². The molecule has 31 heavy (non-hydrogen) atoms. The minimum Gasteiger partial charge on any atom is -0.369 e. The van der Waals surface area contributed by atoms with Gasteiger partial charge in [-0.15, -0.1) is 0 Å². The standard InChI is InChI=1S/C21H15F2N5O3/c1-27-16-15(21(16,22)23)20(31,19(27)30)8-7-11-4-2-5-12(10-11)28-18-13(6-3-9-25-18)14(26-28)17(24)29/h2-6,9-10,15-16,31H,1H3,(H2,24,29). The third-order valence-electron chi connectivity index (χ3n) is 5.69. The first-order valence-electron chi connectivity index (χ1n) is 9.31. The second kappa shape index (κ2) is 6.09. The molecule has 1 aliphatic carbocycles. The molecule has 3 atom stereocenters. The number of hydrogen-bond donors (Lipinski definition) is 2. The molecule has 2 aromatic heterocycles. The van der Waals surface area contributed by atoms with Gasteiger partial charge in [-0.1, -0.05) is 17.9 Å². The van der Waals surface area contributed by atoms with Gasteiger partial charge >= 0.3 is 0 Å². The number of rotatable bonds is 2. The Kier molecular flexibility index (Phi) is 3.76. The number of aromatic nitrogens is 3. The molecule has 3 unspecified atom stereocenters. The fraction of sp³-hybridized carbons (Fsp3) is 0.238. The minimum absolute atomic E-state index is 0.0514. The number of likely N-dealkylation sites (N-methyl/N-ethyl adjacent to an activating group) is 1. The van der Waals surface area contributed by atoms with Gasteiger partial charge in [0.2, 0.25) is 5.60 Å². The maximum absolute atomic E-state index is 13.9. The Morgan fingerprint density at radius 3 is 2.77 bits per heavy atom. The van der Waals surface area contributed by atoms with E-state index in [1.54, 1.807) is 42.6 Å². The van der Waals surface area contributed by atoms with Crippen LogP contribution in [-0.4, -0.2) is 61.2 Å². The van der Waals surface area contributed by atoms with E-state index in [9.17, 15) is 23.5 Å². The van der Waals surface area contributed by atoms with Crippen LogP contribution in [0.4, 0.5) is 8.78 Å². The number of alkyl halides is 2. The molecule has 5 rings (SSSR count). The van der Waals surface area contributed by atoms with E-state index in [-0.39, 0.29) is 5.69 Å². The number of nitrogens with two attached hydrogens (primary N) is 1. The molecule has 0 spiro atoms. The number of amides is 2. The monoisotopic (exact) mass is 423 g/mol. The zero-order valence-electron chi connectivity index (χ0n) is 16.1. The van der Waals surface area contributed by atoms with E-state index in [1.807, 2.05) is 0 Å². The summed E-state index contributed by atoms with van der Waals surface area (Å²) in [5.74, 6) is -1.29. The fourth-order valence-corrected chi connectivity index (χ4v) is 4.16. The summed E-state index contributed by atoms with van der Waals surface area (Å²) in [5.41, 5.74) is 4.25. The van der Waals surface area contributed by atoms with Gasteiger partial charge in [-0.3, -0.25) is 9.59 Å². The van der Waals surface area contributed by atoms with Crippen LogP contribution in [0.5, 0.6) is 0 Å². The van der Waals surface area contributed by atoms with Crippen molar-refractivity contribution in [1.82, 2.24) is 19.7 Å². The van der Waals surface area contributed by atoms with Crippen molar-refractivity contribution in [2.75, 3.05) is 7.05 Å². The van der Waals surface area contributed by atoms with Crippen molar-refractivity contribution in [2.45, 2.75) is 17.6 Å². The first-order valence-corrected chi connectivity index (χ1v) is 9.31. The largest absolute Gasteiger partial charge is 0.369 e. The lowest BCUT2D eigenvalue weighted by atomic mass is 9.98. The molecule has 8 nitrogen and oxygen atoms in total. The summed E-state index contributed by atoms with van der Waals surface area (Å²) >= 11 is 0. The Morgan fingerprint density at radius 1 is 1.29 bits per heavy atom. The number of fused-ring (bicyclic) bond motifs is 2. The van der Waals surface area contributed by atoms with Gasteiger partial charge < -0.3 is 15.7 Å². The number of benzene rings is 1. The zero-order chi connectivity index (χ0) is 22.1. The van der Waals surface area contributed by atoms with Crippen LogP contribution in [0.2, 0.25) is 0 Å². The zero-order valence-corrected chi connectivity index (χ0v) is 16.1. The van der Waals surface area contributed by atoms with E-state index in [0.717, 1.165) is 4.90 Å². The van der Waals surface area contributed by atoms with Crippen LogP contribution < -0.4 is 5.73 Å². The molecule has 3 aromatic rings. The molecule has 3 N–H and O–H groups in total. The Bertz CT molecular complexity index is 1340. The predicted octanol–water partition coefficient (Wildman–Crippen LogP) is 0.708. The van der Waals surface area contributed by atoms with Crippen LogP contribution in [0.1, 0.15) is 16.1 Å². The summed E-state index contributed by atoms with van der Waals surface area (Å²) in [4.78, 5) is 29.1. The molecule has 0 bridgehead atoms. The molecule has 2 fully saturated rings. The van der Waals surface area contributed by atoms with E-state index in [1.165, 1.54) is 11.7 Å². The molecule has 0 radical (unpaired) electrons. The Hall–Kier alpha value is -3.84. The van der Waals surface area contributed by atoms with Gasteiger partial charge in [-0.2, -0.15) is 5.10 Å². The van der Waals surface area contributed by atoms with Gasteiger partial charge in [0.15, 0.2) is 11.3 Å². The minimum atomic E-state index is -3.17. The van der Waals surface area contributed by atoms with Gasteiger partial charge in [0.05, 0.1) is 11.1 Å². The summed E-state index contributed by atoms with van der Waals surface area (Å²) in [6.45, 7) is 0. The third-order valence-corrected chi connectivity index (χ3v) is 5.69. The van der Waals surface area contributed by atoms with Crippen molar-refractivity contribution in [3.63, 3.8) is 0 Å². The number of aliphatic hydroxyl groups is 1. The smallest absolute Gasteiger partial charge is 0.277 e. The van der Waals surface area contributed by atoms with E-state index < -0.39 is 35.3 Å². The molecule has 156 valence electrons. The molecule has 2 aliphatic rings. The number of halogens is 2. The number of likely N-dealkylation sites (tertiary alicyclic amines) is 1. The predicted molar refractivity (Wildman–Crippen MR) is 104 cm³/mol. The van der Waals surface area contributed by atoms with Gasteiger partial charge in [0.1, 0.15) is 12.0 Å². The van der Waals surface area contributed by atoms with Crippen LogP contribution in [0.25, 0.3) is 16.7 Å². The van der Waals surface area contributed by atoms with Gasteiger partial charge in [-0.25, -0.2) is 18.4 Å². The van der Waals surface area contributed by atoms with E-state index >= 15 is 0 Å². The number of piperidine rings is 1. The van der Waals surface area contributed by atoms with Gasteiger partial charge in [-0.05, 0) is 30.3 Å². The van der Waals surface area contributed by atoms with Crippen molar-refractivity contribution in [1.29, 1.82) is 0 Å². The average Bonchev–Trinajstić information content (AvgIpc) is 3.04. The van der Waals surface area contributed by atoms with Gasteiger partial charge in [0, 0.05) is 18.8 Å².